The van der Waals surface area contributed by atoms with Gasteiger partial charge in [0.15, 0.2) is 0 Å². The minimum atomic E-state index is -0.652. The number of hydrogen-bond donors (Lipinski definition) is 1. The van der Waals surface area contributed by atoms with E-state index in [1.165, 1.54) is 19.2 Å². The summed E-state index contributed by atoms with van der Waals surface area (Å²) in [5, 5.41) is 3.27. The molecule has 0 radical (unpaired) electrons. The highest BCUT2D eigenvalue weighted by atomic mass is 35.5. The Morgan fingerprint density at radius 1 is 1.63 bits per heavy atom. The smallest absolute Gasteiger partial charge is 0.327 e. The van der Waals surface area contributed by atoms with Crippen LogP contribution in [-0.4, -0.2) is 30.6 Å². The van der Waals surface area contributed by atoms with Gasteiger partial charge in [-0.15, -0.1) is 0 Å². The zero-order chi connectivity index (χ0) is 13.8. The van der Waals surface area contributed by atoms with Crippen LogP contribution in [0.3, 0.4) is 0 Å². The van der Waals surface area contributed by atoms with Crippen molar-refractivity contribution in [1.29, 1.82) is 0 Å². The topological polar surface area (TPSA) is 38.3 Å². The third-order valence-corrected chi connectivity index (χ3v) is 4.51. The van der Waals surface area contributed by atoms with E-state index in [0.717, 1.165) is 17.9 Å². The van der Waals surface area contributed by atoms with Gasteiger partial charge in [-0.25, -0.2) is 9.18 Å². The molecule has 1 aromatic carbocycles. The van der Waals surface area contributed by atoms with Crippen LogP contribution >= 0.6 is 23.4 Å². The average molecular weight is 304 g/mol. The van der Waals surface area contributed by atoms with Crippen molar-refractivity contribution in [3.63, 3.8) is 0 Å². The molecule has 19 heavy (non-hydrogen) atoms. The van der Waals surface area contributed by atoms with Crippen LogP contribution in [-0.2, 0) is 9.53 Å². The second kappa shape index (κ2) is 6.59. The molecular formula is C13H15ClFNO2S. The van der Waals surface area contributed by atoms with E-state index in [1.54, 1.807) is 6.07 Å². The molecule has 2 rings (SSSR count). The fourth-order valence-corrected chi connectivity index (χ4v) is 3.29. The maximum absolute atomic E-state index is 13.5. The van der Waals surface area contributed by atoms with Crippen molar-refractivity contribution in [2.45, 2.75) is 18.5 Å². The number of nitrogens with one attached hydrogen (secondary N) is 1. The lowest BCUT2D eigenvalue weighted by Crippen LogP contribution is -2.37. The number of hydrogen-bond acceptors (Lipinski definition) is 4. The highest BCUT2D eigenvalue weighted by Crippen LogP contribution is 2.24. The number of halogens is 2. The molecule has 1 heterocycles. The van der Waals surface area contributed by atoms with Crippen molar-refractivity contribution in [2.24, 2.45) is 0 Å². The summed E-state index contributed by atoms with van der Waals surface area (Å²) in [6.45, 7) is 0. The monoisotopic (exact) mass is 303 g/mol. The molecule has 1 aliphatic rings. The average Bonchev–Trinajstić information content (AvgIpc) is 2.91. The third kappa shape index (κ3) is 3.61. The lowest BCUT2D eigenvalue weighted by molar-refractivity contribution is -0.143. The van der Waals surface area contributed by atoms with Gasteiger partial charge in [0, 0.05) is 11.8 Å². The molecule has 104 valence electrons. The van der Waals surface area contributed by atoms with Crippen LogP contribution in [0.1, 0.15) is 18.0 Å². The first-order valence-electron chi connectivity index (χ1n) is 5.98. The number of thioether (sulfide) groups is 1. The normalized spacial score (nSPS) is 20.3. The lowest BCUT2D eigenvalue weighted by atomic mass is 10.1. The van der Waals surface area contributed by atoms with Crippen LogP contribution in [0.5, 0.6) is 0 Å². The van der Waals surface area contributed by atoms with Crippen LogP contribution in [0.2, 0.25) is 5.02 Å². The van der Waals surface area contributed by atoms with Crippen molar-refractivity contribution >= 4 is 29.3 Å². The summed E-state index contributed by atoms with van der Waals surface area (Å²) in [6, 6.07) is 3.96. The summed E-state index contributed by atoms with van der Waals surface area (Å²) in [7, 11) is 1.33. The Labute approximate surface area is 120 Å². The molecule has 0 bridgehead atoms. The van der Waals surface area contributed by atoms with Crippen LogP contribution in [0.4, 0.5) is 4.39 Å². The molecule has 1 aromatic rings. The van der Waals surface area contributed by atoms with Crippen molar-refractivity contribution in [1.82, 2.24) is 5.32 Å². The zero-order valence-electron chi connectivity index (χ0n) is 10.5. The molecule has 0 spiro atoms. The summed E-state index contributed by atoms with van der Waals surface area (Å²) < 4.78 is 18.3. The molecule has 0 saturated carbocycles. The van der Waals surface area contributed by atoms with Crippen LogP contribution in [0, 0.1) is 5.82 Å². The molecule has 0 aromatic heterocycles. The number of esters is 1. The van der Waals surface area contributed by atoms with Gasteiger partial charge in [-0.2, -0.15) is 11.8 Å². The Balaban J connectivity index is 2.20. The second-order valence-electron chi connectivity index (χ2n) is 4.36. The van der Waals surface area contributed by atoms with Crippen molar-refractivity contribution in [3.05, 3.63) is 34.6 Å². The van der Waals surface area contributed by atoms with E-state index in [4.69, 9.17) is 16.3 Å². The summed E-state index contributed by atoms with van der Waals surface area (Å²) >= 11 is 7.49. The van der Waals surface area contributed by atoms with E-state index >= 15 is 0 Å². The van der Waals surface area contributed by atoms with Gasteiger partial charge >= 0.3 is 5.97 Å². The SMILES string of the molecule is COC(=O)[C@@H](N[C@H]1CCSC1)c1ccc(Cl)c(F)c1. The molecule has 2 atom stereocenters. The molecule has 0 amide bonds. The van der Waals surface area contributed by atoms with Gasteiger partial charge in [0.1, 0.15) is 11.9 Å². The van der Waals surface area contributed by atoms with Crippen LogP contribution in [0.15, 0.2) is 18.2 Å². The zero-order valence-corrected chi connectivity index (χ0v) is 12.1. The molecule has 1 N–H and O–H groups in total. The van der Waals surface area contributed by atoms with Gasteiger partial charge in [0.05, 0.1) is 12.1 Å². The Morgan fingerprint density at radius 3 is 3.00 bits per heavy atom. The number of carbonyl (C=O) groups excluding carboxylic acids is 1. The molecule has 6 heteroatoms. The van der Waals surface area contributed by atoms with E-state index < -0.39 is 17.8 Å². The third-order valence-electron chi connectivity index (χ3n) is 3.05. The van der Waals surface area contributed by atoms with E-state index in [9.17, 15) is 9.18 Å². The second-order valence-corrected chi connectivity index (χ2v) is 5.91. The minimum Gasteiger partial charge on any atom is -0.468 e. The first kappa shape index (κ1) is 14.6. The van der Waals surface area contributed by atoms with Gasteiger partial charge in [0.2, 0.25) is 0 Å². The van der Waals surface area contributed by atoms with Crippen molar-refractivity contribution < 1.29 is 13.9 Å². The van der Waals surface area contributed by atoms with Gasteiger partial charge in [-0.05, 0) is 29.9 Å². The van der Waals surface area contributed by atoms with E-state index in [2.05, 4.69) is 5.32 Å². The molecular weight excluding hydrogens is 289 g/mol. The Kier molecular flexibility index (Phi) is 5.07. The minimum absolute atomic E-state index is 0.0452. The summed E-state index contributed by atoms with van der Waals surface area (Å²) in [4.78, 5) is 11.8. The van der Waals surface area contributed by atoms with Gasteiger partial charge in [0.25, 0.3) is 0 Å². The Morgan fingerprint density at radius 2 is 2.42 bits per heavy atom. The lowest BCUT2D eigenvalue weighted by Gasteiger charge is -2.21. The highest BCUT2D eigenvalue weighted by molar-refractivity contribution is 7.99. The fraction of sp³-hybridized carbons (Fsp3) is 0.462. The predicted molar refractivity (Wildman–Crippen MR) is 75.0 cm³/mol. The van der Waals surface area contributed by atoms with E-state index in [1.807, 2.05) is 11.8 Å². The van der Waals surface area contributed by atoms with E-state index in [0.29, 0.717) is 5.56 Å². The predicted octanol–water partition coefficient (Wildman–Crippen LogP) is 2.79. The largest absolute Gasteiger partial charge is 0.468 e. The highest BCUT2D eigenvalue weighted by Gasteiger charge is 2.27. The van der Waals surface area contributed by atoms with Crippen molar-refractivity contribution in [3.8, 4) is 0 Å². The number of ether oxygens (including phenoxy) is 1. The quantitative estimate of drug-likeness (QED) is 0.868. The number of methoxy groups -OCH3 is 1. The molecule has 1 saturated heterocycles. The maximum Gasteiger partial charge on any atom is 0.327 e. The molecule has 0 unspecified atom stereocenters. The molecule has 3 nitrogen and oxygen atoms in total. The Hall–Kier alpha value is -0.780. The summed E-state index contributed by atoms with van der Waals surface area (Å²) in [5.41, 5.74) is 0.533. The number of rotatable bonds is 4. The van der Waals surface area contributed by atoms with E-state index in [-0.39, 0.29) is 11.1 Å². The van der Waals surface area contributed by atoms with Gasteiger partial charge < -0.3 is 4.74 Å². The first-order chi connectivity index (χ1) is 9.11. The van der Waals surface area contributed by atoms with Crippen LogP contribution < -0.4 is 5.32 Å². The molecule has 1 fully saturated rings. The van der Waals surface area contributed by atoms with Crippen LogP contribution in [0.25, 0.3) is 0 Å². The molecule has 1 aliphatic heterocycles. The fourth-order valence-electron chi connectivity index (χ4n) is 2.01. The summed E-state index contributed by atoms with van der Waals surface area (Å²) in [5.74, 6) is 1.07. The maximum atomic E-state index is 13.5. The number of benzene rings is 1. The first-order valence-corrected chi connectivity index (χ1v) is 7.51. The molecule has 0 aliphatic carbocycles. The number of carbonyl (C=O) groups is 1. The van der Waals surface area contributed by atoms with Crippen molar-refractivity contribution in [2.75, 3.05) is 18.6 Å². The summed E-state index contributed by atoms with van der Waals surface area (Å²) in [6.07, 6.45) is 0.994. The Bertz CT molecular complexity index is 466. The standard InChI is InChI=1S/C13H15ClFNO2S/c1-18-13(17)12(16-9-4-5-19-7-9)8-2-3-10(14)11(15)6-8/h2-3,6,9,12,16H,4-5,7H2,1H3/t9-,12-/m0/s1. The van der Waals surface area contributed by atoms with Gasteiger partial charge in [-0.3, -0.25) is 5.32 Å². The van der Waals surface area contributed by atoms with Gasteiger partial charge in [-0.1, -0.05) is 17.7 Å².